The summed E-state index contributed by atoms with van der Waals surface area (Å²) in [6, 6.07) is 16.8. The lowest BCUT2D eigenvalue weighted by Crippen LogP contribution is -2.27. The van der Waals surface area contributed by atoms with Crippen molar-refractivity contribution >= 4 is 22.4 Å². The van der Waals surface area contributed by atoms with Gasteiger partial charge in [0.25, 0.3) is 5.56 Å². The van der Waals surface area contributed by atoms with Crippen LogP contribution in [0.3, 0.4) is 0 Å². The maximum absolute atomic E-state index is 13.3. The van der Waals surface area contributed by atoms with Crippen molar-refractivity contribution in [3.8, 4) is 5.69 Å². The summed E-state index contributed by atoms with van der Waals surface area (Å²) in [7, 11) is 0. The van der Waals surface area contributed by atoms with Gasteiger partial charge in [0.1, 0.15) is 6.04 Å². The smallest absolute Gasteiger partial charge is 0.281 e. The van der Waals surface area contributed by atoms with Crippen LogP contribution in [-0.2, 0) is 11.2 Å². The molecule has 1 N–H and O–H groups in total. The first-order valence-electron chi connectivity index (χ1n) is 11.0. The molecular weight excluding hydrogens is 400 g/mol. The number of rotatable bonds is 6. The first-order valence-corrected chi connectivity index (χ1v) is 11.0. The molecule has 6 heteroatoms. The molecule has 0 aliphatic rings. The lowest BCUT2D eigenvalue weighted by molar-refractivity contribution is -0.119. The Morgan fingerprint density at radius 2 is 1.69 bits per heavy atom. The summed E-state index contributed by atoms with van der Waals surface area (Å²) in [5.41, 5.74) is 4.16. The number of aromatic nitrogens is 3. The molecule has 0 saturated carbocycles. The molecule has 164 valence electrons. The third kappa shape index (κ3) is 3.73. The molecule has 0 fully saturated rings. The van der Waals surface area contributed by atoms with Crippen LogP contribution in [0.15, 0.2) is 65.6 Å². The fraction of sp³-hybridized carbons (Fsp3) is 0.269. The van der Waals surface area contributed by atoms with Gasteiger partial charge in [-0.15, -0.1) is 0 Å². The van der Waals surface area contributed by atoms with Crippen molar-refractivity contribution in [3.63, 3.8) is 0 Å². The number of carbonyl (C=O) groups excluding carboxylic acids is 1. The van der Waals surface area contributed by atoms with Crippen molar-refractivity contribution < 1.29 is 4.79 Å². The molecule has 1 atom stereocenters. The van der Waals surface area contributed by atoms with E-state index >= 15 is 0 Å². The van der Waals surface area contributed by atoms with Crippen molar-refractivity contribution in [3.05, 3.63) is 88.1 Å². The second-order valence-corrected chi connectivity index (χ2v) is 7.99. The first kappa shape index (κ1) is 21.6. The zero-order valence-corrected chi connectivity index (χ0v) is 18.9. The number of nitrogens with zero attached hydrogens (tertiary/aromatic N) is 3. The van der Waals surface area contributed by atoms with Gasteiger partial charge in [0, 0.05) is 22.5 Å². The van der Waals surface area contributed by atoms with Gasteiger partial charge in [-0.1, -0.05) is 44.2 Å². The van der Waals surface area contributed by atoms with Gasteiger partial charge in [-0.05, 0) is 56.5 Å². The number of hydrogen-bond acceptors (Lipinski definition) is 3. The van der Waals surface area contributed by atoms with E-state index in [1.807, 2.05) is 79.9 Å². The maximum Gasteiger partial charge on any atom is 0.281 e. The highest BCUT2D eigenvalue weighted by Gasteiger charge is 2.25. The number of fused-ring (bicyclic) bond motifs is 1. The maximum atomic E-state index is 13.3. The fourth-order valence-corrected chi connectivity index (χ4v) is 4.33. The minimum Gasteiger partial charge on any atom is -0.335 e. The van der Waals surface area contributed by atoms with Crippen molar-refractivity contribution in [1.82, 2.24) is 14.3 Å². The molecule has 1 amide bonds. The van der Waals surface area contributed by atoms with Crippen LogP contribution in [0.5, 0.6) is 0 Å². The summed E-state index contributed by atoms with van der Waals surface area (Å²) in [5.74, 6) is -0.0976. The Bertz CT molecular complexity index is 1320. The highest BCUT2D eigenvalue weighted by atomic mass is 16.2. The summed E-state index contributed by atoms with van der Waals surface area (Å²) in [6.07, 6.45) is 3.27. The summed E-state index contributed by atoms with van der Waals surface area (Å²) < 4.78 is 3.38. The van der Waals surface area contributed by atoms with E-state index in [2.05, 4.69) is 17.3 Å². The number of benzene rings is 2. The Morgan fingerprint density at radius 1 is 1.00 bits per heavy atom. The van der Waals surface area contributed by atoms with Gasteiger partial charge in [-0.2, -0.15) is 9.78 Å². The largest absolute Gasteiger partial charge is 0.335 e. The van der Waals surface area contributed by atoms with Crippen LogP contribution in [0.1, 0.15) is 43.3 Å². The Kier molecular flexibility index (Phi) is 5.95. The number of hydrogen-bond donors (Lipinski definition) is 1. The van der Waals surface area contributed by atoms with E-state index in [-0.39, 0.29) is 11.5 Å². The van der Waals surface area contributed by atoms with Crippen molar-refractivity contribution in [1.29, 1.82) is 0 Å². The van der Waals surface area contributed by atoms with Crippen LogP contribution in [0.4, 0.5) is 5.69 Å². The monoisotopic (exact) mass is 428 g/mol. The van der Waals surface area contributed by atoms with Crippen molar-refractivity contribution in [2.75, 3.05) is 5.32 Å². The summed E-state index contributed by atoms with van der Waals surface area (Å²) in [5, 5.41) is 8.80. The average molecular weight is 429 g/mol. The normalized spacial score (nSPS) is 12.1. The summed E-state index contributed by atoms with van der Waals surface area (Å²) in [4.78, 5) is 26.6. The zero-order valence-electron chi connectivity index (χ0n) is 18.9. The highest BCUT2D eigenvalue weighted by molar-refractivity contribution is 5.95. The molecule has 6 nitrogen and oxygen atoms in total. The van der Waals surface area contributed by atoms with E-state index < -0.39 is 6.04 Å². The van der Waals surface area contributed by atoms with Crippen LogP contribution in [-0.4, -0.2) is 20.3 Å². The van der Waals surface area contributed by atoms with E-state index in [1.54, 1.807) is 6.20 Å². The van der Waals surface area contributed by atoms with Gasteiger partial charge in [-0.25, -0.2) is 0 Å². The molecule has 2 aromatic carbocycles. The molecule has 0 spiro atoms. The second-order valence-electron chi connectivity index (χ2n) is 7.99. The number of carbonyl (C=O) groups is 1. The lowest BCUT2D eigenvalue weighted by Gasteiger charge is -2.21. The van der Waals surface area contributed by atoms with Crippen LogP contribution in [0.25, 0.3) is 16.5 Å². The van der Waals surface area contributed by atoms with Crippen LogP contribution < -0.4 is 10.9 Å². The Labute approximate surface area is 187 Å². The van der Waals surface area contributed by atoms with E-state index in [0.29, 0.717) is 17.5 Å². The quantitative estimate of drug-likeness (QED) is 0.472. The van der Waals surface area contributed by atoms with Crippen molar-refractivity contribution in [2.24, 2.45) is 0 Å². The molecule has 0 bridgehead atoms. The Hall–Kier alpha value is -3.67. The van der Waals surface area contributed by atoms with Crippen LogP contribution in [0.2, 0.25) is 0 Å². The molecule has 0 aliphatic heterocycles. The topological polar surface area (TPSA) is 68.9 Å². The third-order valence-corrected chi connectivity index (χ3v) is 6.08. The Balaban J connectivity index is 1.75. The van der Waals surface area contributed by atoms with Gasteiger partial charge in [-0.3, -0.25) is 9.59 Å². The molecule has 0 unspecified atom stereocenters. The van der Waals surface area contributed by atoms with Gasteiger partial charge < -0.3 is 9.88 Å². The van der Waals surface area contributed by atoms with E-state index in [4.69, 9.17) is 0 Å². The predicted octanol–water partition coefficient (Wildman–Crippen LogP) is 4.96. The second kappa shape index (κ2) is 8.83. The fourth-order valence-electron chi connectivity index (χ4n) is 4.33. The zero-order chi connectivity index (χ0) is 22.8. The van der Waals surface area contributed by atoms with Gasteiger partial charge in [0.15, 0.2) is 0 Å². The first-order chi connectivity index (χ1) is 15.5. The standard InChI is InChI=1S/C26H28N4O2/c1-5-19-12-14-20(15-13-19)28-25(31)23(6-2)29-17(3)22-16-27-30(21-10-8-7-9-11-21)26(32)24(22)18(29)4/h7-16,23H,5-6H2,1-4H3,(H,28,31)/t23-/m1/s1. The minimum absolute atomic E-state index is 0.0976. The minimum atomic E-state index is -0.433. The molecule has 4 rings (SSSR count). The third-order valence-electron chi connectivity index (χ3n) is 6.08. The SMILES string of the molecule is CCc1ccc(NC(=O)[C@@H](CC)n2c(C)c3cnn(-c4ccccc4)c(=O)c3c2C)cc1. The van der Waals surface area contributed by atoms with E-state index in [9.17, 15) is 9.59 Å². The van der Waals surface area contributed by atoms with Crippen LogP contribution in [0, 0.1) is 13.8 Å². The average Bonchev–Trinajstić information content (AvgIpc) is 3.06. The molecule has 0 radical (unpaired) electrons. The molecule has 2 aromatic heterocycles. The number of amides is 1. The molecule has 0 saturated heterocycles. The summed E-state index contributed by atoms with van der Waals surface area (Å²) >= 11 is 0. The number of para-hydroxylation sites is 1. The number of aryl methyl sites for hydroxylation is 3. The van der Waals surface area contributed by atoms with Crippen LogP contribution >= 0.6 is 0 Å². The van der Waals surface area contributed by atoms with E-state index in [0.717, 1.165) is 28.9 Å². The Morgan fingerprint density at radius 3 is 2.31 bits per heavy atom. The van der Waals surface area contributed by atoms with Gasteiger partial charge in [0.2, 0.25) is 5.91 Å². The molecular formula is C26H28N4O2. The predicted molar refractivity (Wildman–Crippen MR) is 129 cm³/mol. The van der Waals surface area contributed by atoms with Gasteiger partial charge in [0.05, 0.1) is 17.3 Å². The van der Waals surface area contributed by atoms with Gasteiger partial charge >= 0.3 is 0 Å². The molecule has 32 heavy (non-hydrogen) atoms. The molecule has 0 aliphatic carbocycles. The highest BCUT2D eigenvalue weighted by Crippen LogP contribution is 2.28. The number of nitrogens with one attached hydrogen (secondary N) is 1. The summed E-state index contributed by atoms with van der Waals surface area (Å²) in [6.45, 7) is 7.92. The molecule has 4 aromatic rings. The molecule has 2 heterocycles. The number of anilines is 1. The van der Waals surface area contributed by atoms with Crippen molar-refractivity contribution in [2.45, 2.75) is 46.6 Å². The van der Waals surface area contributed by atoms with E-state index in [1.165, 1.54) is 10.2 Å². The lowest BCUT2D eigenvalue weighted by atomic mass is 10.1.